The third-order valence-electron chi connectivity index (χ3n) is 2.94. The zero-order valence-electron chi connectivity index (χ0n) is 10.0. The lowest BCUT2D eigenvalue weighted by Crippen LogP contribution is -2.16. The molecule has 2 aromatic rings. The minimum atomic E-state index is 0.235. The normalized spacial score (nSPS) is 12.2. The SMILES string of the molecule is Cc1c(CC(C)(C)CBr)oc2ccccc12. The summed E-state index contributed by atoms with van der Waals surface area (Å²) in [5.74, 6) is 1.12. The Bertz CT molecular complexity index is 496. The van der Waals surface area contributed by atoms with Gasteiger partial charge in [0.15, 0.2) is 0 Å². The molecule has 0 aliphatic heterocycles. The fourth-order valence-electron chi connectivity index (χ4n) is 1.88. The molecular weight excluding hydrogens is 264 g/mol. The third-order valence-corrected chi connectivity index (χ3v) is 4.46. The van der Waals surface area contributed by atoms with Crippen LogP contribution in [0.2, 0.25) is 0 Å². The molecule has 0 unspecified atom stereocenters. The van der Waals surface area contributed by atoms with E-state index in [4.69, 9.17) is 4.42 Å². The van der Waals surface area contributed by atoms with Crippen LogP contribution >= 0.6 is 15.9 Å². The molecule has 1 nitrogen and oxygen atoms in total. The molecule has 0 aliphatic carbocycles. The van der Waals surface area contributed by atoms with Crippen molar-refractivity contribution in [3.63, 3.8) is 0 Å². The zero-order valence-corrected chi connectivity index (χ0v) is 11.6. The number of aryl methyl sites for hydroxylation is 1. The summed E-state index contributed by atoms with van der Waals surface area (Å²) in [7, 11) is 0. The second kappa shape index (κ2) is 4.25. The summed E-state index contributed by atoms with van der Waals surface area (Å²) >= 11 is 3.56. The molecule has 0 atom stereocenters. The van der Waals surface area contributed by atoms with Crippen LogP contribution in [0.3, 0.4) is 0 Å². The molecule has 0 bridgehead atoms. The summed E-state index contributed by atoms with van der Waals surface area (Å²) in [4.78, 5) is 0. The van der Waals surface area contributed by atoms with Gasteiger partial charge in [0.2, 0.25) is 0 Å². The standard InChI is InChI=1S/C14H17BrO/c1-10-11-6-4-5-7-12(11)16-13(10)8-14(2,3)9-15/h4-7H,8-9H2,1-3H3. The van der Waals surface area contributed by atoms with Crippen LogP contribution in [0.25, 0.3) is 11.0 Å². The predicted octanol–water partition coefficient (Wildman–Crippen LogP) is 4.70. The molecule has 2 rings (SSSR count). The van der Waals surface area contributed by atoms with Gasteiger partial charge in [0.05, 0.1) is 0 Å². The molecule has 16 heavy (non-hydrogen) atoms. The minimum Gasteiger partial charge on any atom is -0.461 e. The van der Waals surface area contributed by atoms with Crippen LogP contribution in [0, 0.1) is 12.3 Å². The lowest BCUT2D eigenvalue weighted by molar-refractivity contribution is 0.379. The molecule has 1 aromatic carbocycles. The molecule has 1 aromatic heterocycles. The fourth-order valence-corrected chi connectivity index (χ4v) is 2.07. The number of benzene rings is 1. The molecule has 86 valence electrons. The van der Waals surface area contributed by atoms with E-state index in [2.05, 4.69) is 48.8 Å². The fraction of sp³-hybridized carbons (Fsp3) is 0.429. The van der Waals surface area contributed by atoms with E-state index in [-0.39, 0.29) is 5.41 Å². The van der Waals surface area contributed by atoms with Gasteiger partial charge in [0.1, 0.15) is 11.3 Å². The van der Waals surface area contributed by atoms with Gasteiger partial charge in [-0.05, 0) is 24.0 Å². The van der Waals surface area contributed by atoms with Crippen LogP contribution in [-0.4, -0.2) is 5.33 Å². The summed E-state index contributed by atoms with van der Waals surface area (Å²) in [6.45, 7) is 6.63. The summed E-state index contributed by atoms with van der Waals surface area (Å²) in [5, 5.41) is 2.22. The average molecular weight is 281 g/mol. The van der Waals surface area contributed by atoms with Crippen molar-refractivity contribution < 1.29 is 4.42 Å². The van der Waals surface area contributed by atoms with E-state index in [9.17, 15) is 0 Å². The summed E-state index contributed by atoms with van der Waals surface area (Å²) < 4.78 is 5.92. The van der Waals surface area contributed by atoms with E-state index in [1.165, 1.54) is 10.9 Å². The number of rotatable bonds is 3. The molecular formula is C14H17BrO. The van der Waals surface area contributed by atoms with Gasteiger partial charge in [-0.2, -0.15) is 0 Å². The number of alkyl halides is 1. The Kier molecular flexibility index (Phi) is 3.11. The molecule has 0 spiro atoms. The van der Waals surface area contributed by atoms with Gasteiger partial charge in [0.25, 0.3) is 0 Å². The molecule has 0 radical (unpaired) electrons. The van der Waals surface area contributed by atoms with Crippen molar-refractivity contribution in [2.45, 2.75) is 27.2 Å². The highest BCUT2D eigenvalue weighted by atomic mass is 79.9. The van der Waals surface area contributed by atoms with Gasteiger partial charge in [-0.3, -0.25) is 0 Å². The summed E-state index contributed by atoms with van der Waals surface area (Å²) in [5.41, 5.74) is 2.52. The van der Waals surface area contributed by atoms with Gasteiger partial charge < -0.3 is 4.42 Å². The summed E-state index contributed by atoms with van der Waals surface area (Å²) in [6, 6.07) is 8.24. The maximum absolute atomic E-state index is 5.92. The molecule has 0 saturated heterocycles. The number of para-hydroxylation sites is 1. The van der Waals surface area contributed by atoms with Crippen molar-refractivity contribution in [1.29, 1.82) is 0 Å². The average Bonchev–Trinajstić information content (AvgIpc) is 2.56. The minimum absolute atomic E-state index is 0.235. The first-order valence-electron chi connectivity index (χ1n) is 5.56. The number of hydrogen-bond acceptors (Lipinski definition) is 1. The quantitative estimate of drug-likeness (QED) is 0.743. The van der Waals surface area contributed by atoms with Crippen molar-refractivity contribution in [3.8, 4) is 0 Å². The summed E-state index contributed by atoms with van der Waals surface area (Å²) in [6.07, 6.45) is 0.971. The first-order valence-corrected chi connectivity index (χ1v) is 6.68. The molecule has 0 fully saturated rings. The van der Waals surface area contributed by atoms with E-state index in [1.54, 1.807) is 0 Å². The van der Waals surface area contributed by atoms with Gasteiger partial charge in [-0.1, -0.05) is 48.0 Å². The van der Waals surface area contributed by atoms with Gasteiger partial charge in [-0.25, -0.2) is 0 Å². The third kappa shape index (κ3) is 2.17. The van der Waals surface area contributed by atoms with Crippen molar-refractivity contribution in [1.82, 2.24) is 0 Å². The smallest absolute Gasteiger partial charge is 0.134 e. The lowest BCUT2D eigenvalue weighted by Gasteiger charge is -2.20. The molecule has 2 heteroatoms. The van der Waals surface area contributed by atoms with Crippen molar-refractivity contribution >= 4 is 26.9 Å². The van der Waals surface area contributed by atoms with E-state index < -0.39 is 0 Å². The Morgan fingerprint density at radius 2 is 1.94 bits per heavy atom. The van der Waals surface area contributed by atoms with Crippen LogP contribution < -0.4 is 0 Å². The second-order valence-corrected chi connectivity index (χ2v) is 5.68. The van der Waals surface area contributed by atoms with Crippen LogP contribution in [0.15, 0.2) is 28.7 Å². The topological polar surface area (TPSA) is 13.1 Å². The van der Waals surface area contributed by atoms with E-state index in [0.717, 1.165) is 23.1 Å². The zero-order chi connectivity index (χ0) is 11.8. The Morgan fingerprint density at radius 3 is 2.56 bits per heavy atom. The number of fused-ring (bicyclic) bond motifs is 1. The first kappa shape index (κ1) is 11.7. The highest BCUT2D eigenvalue weighted by molar-refractivity contribution is 9.09. The predicted molar refractivity (Wildman–Crippen MR) is 72.2 cm³/mol. The molecule has 0 aliphatic rings. The number of halogens is 1. The number of hydrogen-bond donors (Lipinski definition) is 0. The highest BCUT2D eigenvalue weighted by Gasteiger charge is 2.21. The molecule has 0 amide bonds. The Morgan fingerprint density at radius 1 is 1.25 bits per heavy atom. The molecule has 0 N–H and O–H groups in total. The Balaban J connectivity index is 2.42. The van der Waals surface area contributed by atoms with Crippen LogP contribution in [-0.2, 0) is 6.42 Å². The highest BCUT2D eigenvalue weighted by Crippen LogP contribution is 2.31. The van der Waals surface area contributed by atoms with Crippen molar-refractivity contribution in [2.24, 2.45) is 5.41 Å². The Hall–Kier alpha value is -0.760. The first-order chi connectivity index (χ1) is 7.53. The maximum Gasteiger partial charge on any atom is 0.134 e. The van der Waals surface area contributed by atoms with Gasteiger partial charge in [-0.15, -0.1) is 0 Å². The maximum atomic E-state index is 5.92. The largest absolute Gasteiger partial charge is 0.461 e. The molecule has 0 saturated carbocycles. The van der Waals surface area contributed by atoms with E-state index in [0.29, 0.717) is 0 Å². The lowest BCUT2D eigenvalue weighted by atomic mass is 9.89. The van der Waals surface area contributed by atoms with Gasteiger partial charge in [0, 0.05) is 17.1 Å². The second-order valence-electron chi connectivity index (χ2n) is 5.12. The van der Waals surface area contributed by atoms with E-state index in [1.807, 2.05) is 12.1 Å². The Labute approximate surface area is 105 Å². The van der Waals surface area contributed by atoms with Crippen LogP contribution in [0.5, 0.6) is 0 Å². The van der Waals surface area contributed by atoms with Crippen molar-refractivity contribution in [3.05, 3.63) is 35.6 Å². The monoisotopic (exact) mass is 280 g/mol. The number of furan rings is 1. The van der Waals surface area contributed by atoms with Crippen LogP contribution in [0.1, 0.15) is 25.2 Å². The van der Waals surface area contributed by atoms with E-state index >= 15 is 0 Å². The van der Waals surface area contributed by atoms with Crippen molar-refractivity contribution in [2.75, 3.05) is 5.33 Å². The molecule has 1 heterocycles. The van der Waals surface area contributed by atoms with Gasteiger partial charge >= 0.3 is 0 Å². The van der Waals surface area contributed by atoms with Crippen LogP contribution in [0.4, 0.5) is 0 Å².